The summed E-state index contributed by atoms with van der Waals surface area (Å²) in [7, 11) is -2.31. The lowest BCUT2D eigenvalue weighted by Crippen LogP contribution is -2.62. The molecule has 11 nitrogen and oxygen atoms in total. The zero-order valence-electron chi connectivity index (χ0n) is 24.0. The van der Waals surface area contributed by atoms with Crippen LogP contribution in [0.2, 0.25) is 5.02 Å². The molecule has 3 aromatic rings. The van der Waals surface area contributed by atoms with Gasteiger partial charge in [-0.15, -0.1) is 0 Å². The fraction of sp³-hybridized carbons (Fsp3) is 0.323. The van der Waals surface area contributed by atoms with Crippen LogP contribution in [0.5, 0.6) is 0 Å². The molecule has 6 rings (SSSR count). The summed E-state index contributed by atoms with van der Waals surface area (Å²) in [5.41, 5.74) is -1.24. The largest absolute Gasteiger partial charge is 0.465 e. The van der Waals surface area contributed by atoms with Crippen molar-refractivity contribution in [3.05, 3.63) is 89.2 Å². The number of likely N-dealkylation sites (tertiary alicyclic amines) is 1. The van der Waals surface area contributed by atoms with Gasteiger partial charge in [0.2, 0.25) is 0 Å². The number of piperidine rings is 1. The zero-order chi connectivity index (χ0) is 31.2. The van der Waals surface area contributed by atoms with E-state index in [1.165, 1.54) is 17.0 Å². The van der Waals surface area contributed by atoms with Gasteiger partial charge in [-0.05, 0) is 53.4 Å². The molecule has 44 heavy (non-hydrogen) atoms. The number of nitrogens with zero attached hydrogens (tertiary/aromatic N) is 4. The molecule has 2 fully saturated rings. The maximum absolute atomic E-state index is 14.4. The number of sulfone groups is 1. The quantitative estimate of drug-likeness (QED) is 0.404. The Hall–Kier alpha value is -4.29. The number of hydrogen-bond acceptors (Lipinski definition) is 7. The van der Waals surface area contributed by atoms with E-state index in [1.54, 1.807) is 54.6 Å². The molecular weight excluding hydrogens is 606 g/mol. The van der Waals surface area contributed by atoms with Gasteiger partial charge in [-0.25, -0.2) is 13.2 Å². The molecule has 1 atom stereocenters. The van der Waals surface area contributed by atoms with E-state index in [0.29, 0.717) is 42.3 Å². The van der Waals surface area contributed by atoms with Crippen molar-refractivity contribution < 1.29 is 27.9 Å². The minimum Gasteiger partial charge on any atom is -0.465 e. The molecule has 3 aromatic carbocycles. The summed E-state index contributed by atoms with van der Waals surface area (Å²) in [4.78, 5) is 47.0. The van der Waals surface area contributed by atoms with Crippen LogP contribution in [-0.2, 0) is 25.0 Å². The Balaban J connectivity index is 1.30. The van der Waals surface area contributed by atoms with Crippen LogP contribution in [0, 0.1) is 0 Å². The molecule has 13 heteroatoms. The van der Waals surface area contributed by atoms with Gasteiger partial charge in [-0.2, -0.15) is 0 Å². The number of carbonyl (C=O) groups excluding carboxylic acids is 2. The maximum Gasteiger partial charge on any atom is 0.405 e. The molecule has 0 aromatic heterocycles. The Morgan fingerprint density at radius 2 is 1.68 bits per heavy atom. The average Bonchev–Trinajstić information content (AvgIpc) is 3.52. The zero-order valence-corrected chi connectivity index (χ0v) is 25.6. The summed E-state index contributed by atoms with van der Waals surface area (Å²) in [5.74, 6) is -1.53. The number of fused-ring (bicyclic) bond motifs is 2. The van der Waals surface area contributed by atoms with E-state index in [9.17, 15) is 27.9 Å². The maximum atomic E-state index is 14.4. The van der Waals surface area contributed by atoms with Gasteiger partial charge in [0, 0.05) is 37.4 Å². The van der Waals surface area contributed by atoms with E-state index in [-0.39, 0.29) is 35.5 Å². The third-order valence-corrected chi connectivity index (χ3v) is 10.6. The van der Waals surface area contributed by atoms with Crippen LogP contribution in [0.4, 0.5) is 4.79 Å². The summed E-state index contributed by atoms with van der Waals surface area (Å²) in [6, 6.07) is 17.6. The lowest BCUT2D eigenvalue weighted by atomic mass is 9.89. The van der Waals surface area contributed by atoms with E-state index in [4.69, 9.17) is 11.6 Å². The molecule has 2 saturated heterocycles. The monoisotopic (exact) mass is 637 g/mol. The van der Waals surface area contributed by atoms with Crippen LogP contribution in [0.15, 0.2) is 83.5 Å². The molecule has 0 radical (unpaired) electrons. The Kier molecular flexibility index (Phi) is 7.66. The van der Waals surface area contributed by atoms with Gasteiger partial charge in [0.25, 0.3) is 11.8 Å². The standard InChI is InChI=1S/C31H32ClN5O6S/c1-34-17-27-28(38)37(20-36(27)19-34)25-11-13-35(14-12-25)29(39)31(33-30(40)41,23-5-3-2-4-6-23)18-44(42,43)26-10-8-21-15-24(32)9-7-22(21)16-26/h2-10,15-17,25,33H,11-14,18-20H2,1H3,(H,40,41)/t31-/m0/s1. The highest BCUT2D eigenvalue weighted by molar-refractivity contribution is 7.91. The highest BCUT2D eigenvalue weighted by Gasteiger charge is 2.49. The average molecular weight is 638 g/mol. The van der Waals surface area contributed by atoms with Crippen LogP contribution in [0.25, 0.3) is 10.8 Å². The van der Waals surface area contributed by atoms with Crippen LogP contribution < -0.4 is 5.32 Å². The topological polar surface area (TPSA) is 131 Å². The second-order valence-electron chi connectivity index (χ2n) is 11.5. The van der Waals surface area contributed by atoms with Gasteiger partial charge in [0.15, 0.2) is 15.4 Å². The summed E-state index contributed by atoms with van der Waals surface area (Å²) < 4.78 is 28.0. The van der Waals surface area contributed by atoms with Crippen molar-refractivity contribution in [2.45, 2.75) is 29.3 Å². The van der Waals surface area contributed by atoms with Crippen molar-refractivity contribution in [3.63, 3.8) is 0 Å². The molecule has 0 aliphatic carbocycles. The minimum atomic E-state index is -4.22. The number of rotatable bonds is 7. The second kappa shape index (κ2) is 11.3. The lowest BCUT2D eigenvalue weighted by molar-refractivity contribution is -0.140. The van der Waals surface area contributed by atoms with E-state index < -0.39 is 33.1 Å². The van der Waals surface area contributed by atoms with Crippen molar-refractivity contribution in [2.75, 3.05) is 39.2 Å². The third-order valence-electron chi connectivity index (χ3n) is 8.56. The van der Waals surface area contributed by atoms with Crippen molar-refractivity contribution in [1.82, 2.24) is 24.9 Å². The molecule has 2 N–H and O–H groups in total. The Labute approximate surface area is 260 Å². The van der Waals surface area contributed by atoms with E-state index in [2.05, 4.69) is 5.32 Å². The molecule has 3 aliphatic heterocycles. The van der Waals surface area contributed by atoms with Gasteiger partial charge < -0.3 is 30.0 Å². The molecular formula is C31H32ClN5O6S. The van der Waals surface area contributed by atoms with E-state index >= 15 is 0 Å². The van der Waals surface area contributed by atoms with E-state index in [0.717, 1.165) is 5.39 Å². The summed E-state index contributed by atoms with van der Waals surface area (Å²) in [6.45, 7) is 1.57. The van der Waals surface area contributed by atoms with Gasteiger partial charge in [0.05, 0.1) is 24.0 Å². The Morgan fingerprint density at radius 1 is 1.00 bits per heavy atom. The van der Waals surface area contributed by atoms with Crippen LogP contribution in [0.3, 0.4) is 0 Å². The molecule has 230 valence electrons. The van der Waals surface area contributed by atoms with Crippen molar-refractivity contribution in [1.29, 1.82) is 0 Å². The van der Waals surface area contributed by atoms with Gasteiger partial charge in [-0.3, -0.25) is 9.59 Å². The highest BCUT2D eigenvalue weighted by Crippen LogP contribution is 2.34. The number of amides is 3. The number of halogens is 1. The first-order valence-corrected chi connectivity index (χ1v) is 16.3. The third kappa shape index (κ3) is 5.43. The normalized spacial score (nSPS) is 18.8. The van der Waals surface area contributed by atoms with Gasteiger partial charge in [0.1, 0.15) is 5.70 Å². The van der Waals surface area contributed by atoms with Crippen LogP contribution in [0.1, 0.15) is 18.4 Å². The first-order valence-electron chi connectivity index (χ1n) is 14.2. The summed E-state index contributed by atoms with van der Waals surface area (Å²) >= 11 is 6.09. The summed E-state index contributed by atoms with van der Waals surface area (Å²) in [5, 5.41) is 14.2. The lowest BCUT2D eigenvalue weighted by Gasteiger charge is -2.41. The molecule has 3 heterocycles. The Morgan fingerprint density at radius 3 is 2.36 bits per heavy atom. The van der Waals surface area contributed by atoms with Crippen molar-refractivity contribution >= 4 is 50.1 Å². The molecule has 0 unspecified atom stereocenters. The van der Waals surface area contributed by atoms with Gasteiger partial charge >= 0.3 is 6.09 Å². The SMILES string of the molecule is CN1C=C2C(=O)N(C3CCN(C(=O)[C@@](CS(=O)(=O)c4ccc5cc(Cl)ccc5c4)(NC(=O)O)c4ccccc4)CC3)CN2C1. The van der Waals surface area contributed by atoms with E-state index in [1.807, 2.05) is 27.9 Å². The second-order valence-corrected chi connectivity index (χ2v) is 13.9. The smallest absolute Gasteiger partial charge is 0.405 e. The number of nitrogens with one attached hydrogen (secondary N) is 1. The predicted molar refractivity (Wildman–Crippen MR) is 164 cm³/mol. The van der Waals surface area contributed by atoms with Crippen LogP contribution >= 0.6 is 11.6 Å². The molecule has 0 spiro atoms. The fourth-order valence-corrected chi connectivity index (χ4v) is 8.27. The molecule has 0 saturated carbocycles. The number of carboxylic acid groups (broad SMARTS) is 1. The van der Waals surface area contributed by atoms with Gasteiger partial charge in [-0.1, -0.05) is 54.1 Å². The first-order chi connectivity index (χ1) is 21.0. The van der Waals surface area contributed by atoms with Crippen molar-refractivity contribution in [3.8, 4) is 0 Å². The fourth-order valence-electron chi connectivity index (χ4n) is 6.41. The first kappa shape index (κ1) is 29.8. The highest BCUT2D eigenvalue weighted by atomic mass is 35.5. The number of carbonyl (C=O) groups is 3. The molecule has 3 amide bonds. The van der Waals surface area contributed by atoms with Crippen LogP contribution in [-0.4, -0.2) is 96.3 Å². The molecule has 0 bridgehead atoms. The van der Waals surface area contributed by atoms with Crippen molar-refractivity contribution in [2.24, 2.45) is 0 Å². The Bertz CT molecular complexity index is 1780. The minimum absolute atomic E-state index is 0.0423. The number of benzene rings is 3. The number of hydrogen-bond donors (Lipinski definition) is 2. The molecule has 3 aliphatic rings. The summed E-state index contributed by atoms with van der Waals surface area (Å²) in [6.07, 6.45) is 1.26. The predicted octanol–water partition coefficient (Wildman–Crippen LogP) is 3.27.